The Balaban J connectivity index is 2.96. The van der Waals surface area contributed by atoms with Crippen LogP contribution in [0.5, 0.6) is 0 Å². The Hall–Kier alpha value is -0.925. The third-order valence-corrected chi connectivity index (χ3v) is 1.75. The molecule has 68 valence electrons. The zero-order valence-electron chi connectivity index (χ0n) is 7.10. The van der Waals surface area contributed by atoms with Crippen LogP contribution in [-0.4, -0.2) is 14.0 Å². The number of rotatable bonds is 1. The lowest BCUT2D eigenvalue weighted by molar-refractivity contribution is -0.131. The molecule has 0 N–H and O–H groups in total. The van der Waals surface area contributed by atoms with E-state index in [9.17, 15) is 13.2 Å². The lowest BCUT2D eigenvalue weighted by atomic mass is 9.80. The quantitative estimate of drug-likeness (QED) is 0.588. The van der Waals surface area contributed by atoms with Gasteiger partial charge >= 0.3 is 6.18 Å². The van der Waals surface area contributed by atoms with Gasteiger partial charge in [-0.15, -0.1) is 0 Å². The van der Waals surface area contributed by atoms with Crippen molar-refractivity contribution in [3.63, 3.8) is 0 Å². The summed E-state index contributed by atoms with van der Waals surface area (Å²) in [6.07, 6.45) is -4.37. The average Bonchev–Trinajstić information content (AvgIpc) is 2.01. The molecule has 0 nitrogen and oxygen atoms in total. The number of aryl methyl sites for hydroxylation is 1. The van der Waals surface area contributed by atoms with Crippen LogP contribution >= 0.6 is 0 Å². The van der Waals surface area contributed by atoms with Crippen molar-refractivity contribution in [1.82, 2.24) is 0 Å². The normalized spacial score (nSPS) is 14.2. The summed E-state index contributed by atoms with van der Waals surface area (Å²) in [7, 11) is 5.02. The van der Waals surface area contributed by atoms with Crippen LogP contribution in [0.25, 0.3) is 0 Å². The first kappa shape index (κ1) is 10.2. The number of hydrogen-bond acceptors (Lipinski definition) is 0. The fraction of sp³-hybridized carbons (Fsp3) is 0.333. The fourth-order valence-corrected chi connectivity index (χ4v) is 1.05. The van der Waals surface area contributed by atoms with E-state index in [1.165, 1.54) is 12.1 Å². The Kier molecular flexibility index (Phi) is 2.69. The molecule has 0 fully saturated rings. The van der Waals surface area contributed by atoms with Crippen molar-refractivity contribution in [3.8, 4) is 0 Å². The Bertz CT molecular complexity index is 293. The van der Waals surface area contributed by atoms with E-state index in [0.29, 0.717) is 0 Å². The van der Waals surface area contributed by atoms with Crippen LogP contribution in [0, 0.1) is 6.92 Å². The van der Waals surface area contributed by atoms with Crippen molar-refractivity contribution in [2.75, 3.05) is 0 Å². The smallest absolute Gasteiger partial charge is 0.171 e. The standard InChI is InChI=1S/C9H8BF3/c1-6-3-2-4-7(5-6)8(10)9(11,12)13/h2-5,8H,1H3. The molecule has 4 heteroatoms. The summed E-state index contributed by atoms with van der Waals surface area (Å²) in [5, 5.41) is 0. The van der Waals surface area contributed by atoms with Crippen LogP contribution in [-0.2, 0) is 0 Å². The molecule has 1 atom stereocenters. The summed E-state index contributed by atoms with van der Waals surface area (Å²) in [5.41, 5.74) is 0.879. The lowest BCUT2D eigenvalue weighted by Gasteiger charge is -2.16. The van der Waals surface area contributed by atoms with E-state index in [-0.39, 0.29) is 5.56 Å². The number of benzene rings is 1. The monoisotopic (exact) mass is 184 g/mol. The maximum Gasteiger partial charge on any atom is 0.388 e. The van der Waals surface area contributed by atoms with Crippen molar-refractivity contribution in [2.24, 2.45) is 0 Å². The predicted octanol–water partition coefficient (Wildman–Crippen LogP) is 2.77. The van der Waals surface area contributed by atoms with Crippen LogP contribution in [0.1, 0.15) is 16.9 Å². The van der Waals surface area contributed by atoms with Gasteiger partial charge in [0.25, 0.3) is 0 Å². The van der Waals surface area contributed by atoms with Gasteiger partial charge in [-0.1, -0.05) is 29.8 Å². The second-order valence-corrected chi connectivity index (χ2v) is 2.93. The van der Waals surface area contributed by atoms with E-state index >= 15 is 0 Å². The highest BCUT2D eigenvalue weighted by molar-refractivity contribution is 6.13. The molecule has 0 bridgehead atoms. The summed E-state index contributed by atoms with van der Waals surface area (Å²) < 4.78 is 36.4. The maximum atomic E-state index is 12.1. The van der Waals surface area contributed by atoms with Gasteiger partial charge in [-0.25, -0.2) is 0 Å². The third-order valence-electron chi connectivity index (χ3n) is 1.75. The van der Waals surface area contributed by atoms with E-state index in [4.69, 9.17) is 7.85 Å². The number of alkyl halides is 3. The Morgan fingerprint density at radius 2 is 1.92 bits per heavy atom. The summed E-state index contributed by atoms with van der Waals surface area (Å²) in [6.45, 7) is 1.73. The summed E-state index contributed by atoms with van der Waals surface area (Å²) in [4.78, 5) is 0. The molecule has 1 aromatic carbocycles. The Labute approximate surface area is 76.2 Å². The van der Waals surface area contributed by atoms with Crippen molar-refractivity contribution in [2.45, 2.75) is 18.9 Å². The first-order chi connectivity index (χ1) is 5.91. The highest BCUT2D eigenvalue weighted by Crippen LogP contribution is 2.32. The Morgan fingerprint density at radius 1 is 1.31 bits per heavy atom. The van der Waals surface area contributed by atoms with E-state index in [0.717, 1.165) is 5.56 Å². The summed E-state index contributed by atoms with van der Waals surface area (Å²) in [6, 6.07) is 6.12. The predicted molar refractivity (Wildman–Crippen MR) is 45.7 cm³/mol. The van der Waals surface area contributed by atoms with Gasteiger partial charge in [0.2, 0.25) is 0 Å². The molecule has 13 heavy (non-hydrogen) atoms. The second kappa shape index (κ2) is 3.44. The van der Waals surface area contributed by atoms with Crippen molar-refractivity contribution < 1.29 is 13.2 Å². The van der Waals surface area contributed by atoms with Crippen LogP contribution in [0.2, 0.25) is 0 Å². The van der Waals surface area contributed by atoms with Gasteiger partial charge in [-0.2, -0.15) is 13.2 Å². The van der Waals surface area contributed by atoms with Gasteiger partial charge in [-0.05, 0) is 12.5 Å². The topological polar surface area (TPSA) is 0 Å². The molecule has 0 spiro atoms. The molecule has 0 amide bonds. The average molecular weight is 184 g/mol. The van der Waals surface area contributed by atoms with Crippen molar-refractivity contribution >= 4 is 7.85 Å². The fourth-order valence-electron chi connectivity index (χ4n) is 1.05. The van der Waals surface area contributed by atoms with E-state index in [2.05, 4.69) is 0 Å². The molecule has 0 aliphatic carbocycles. The van der Waals surface area contributed by atoms with Gasteiger partial charge < -0.3 is 0 Å². The van der Waals surface area contributed by atoms with Crippen LogP contribution < -0.4 is 0 Å². The molecule has 0 saturated heterocycles. The molecule has 1 rings (SSSR count). The van der Waals surface area contributed by atoms with Gasteiger partial charge in [-0.3, -0.25) is 0 Å². The van der Waals surface area contributed by atoms with Gasteiger partial charge in [0.05, 0.1) is 7.85 Å². The molecule has 1 unspecified atom stereocenters. The van der Waals surface area contributed by atoms with Crippen LogP contribution in [0.15, 0.2) is 24.3 Å². The van der Waals surface area contributed by atoms with E-state index in [1.807, 2.05) is 0 Å². The molecule has 0 aliphatic rings. The van der Waals surface area contributed by atoms with Gasteiger partial charge in [0, 0.05) is 5.82 Å². The zero-order chi connectivity index (χ0) is 10.1. The molecular weight excluding hydrogens is 176 g/mol. The highest BCUT2D eigenvalue weighted by Gasteiger charge is 2.36. The minimum absolute atomic E-state index is 0.104. The van der Waals surface area contributed by atoms with Gasteiger partial charge in [0.15, 0.2) is 0 Å². The van der Waals surface area contributed by atoms with Crippen molar-refractivity contribution in [3.05, 3.63) is 35.4 Å². The maximum absolute atomic E-state index is 12.1. The number of hydrogen-bond donors (Lipinski definition) is 0. The molecule has 1 aromatic rings. The highest BCUT2D eigenvalue weighted by atomic mass is 19.4. The largest absolute Gasteiger partial charge is 0.388 e. The lowest BCUT2D eigenvalue weighted by Crippen LogP contribution is -2.20. The van der Waals surface area contributed by atoms with Crippen LogP contribution in [0.4, 0.5) is 13.2 Å². The molecule has 0 heterocycles. The second-order valence-electron chi connectivity index (χ2n) is 2.93. The summed E-state index contributed by atoms with van der Waals surface area (Å²) >= 11 is 0. The molecule has 0 aliphatic heterocycles. The van der Waals surface area contributed by atoms with Crippen LogP contribution in [0.3, 0.4) is 0 Å². The SMILES string of the molecule is [B]C(c1cccc(C)c1)C(F)(F)F. The van der Waals surface area contributed by atoms with Crippen molar-refractivity contribution in [1.29, 1.82) is 0 Å². The van der Waals surface area contributed by atoms with Gasteiger partial charge in [0.1, 0.15) is 0 Å². The van der Waals surface area contributed by atoms with E-state index < -0.39 is 12.0 Å². The molecule has 0 saturated carbocycles. The molecule has 0 aromatic heterocycles. The Morgan fingerprint density at radius 3 is 2.38 bits per heavy atom. The first-order valence-corrected chi connectivity index (χ1v) is 3.80. The minimum atomic E-state index is -4.37. The first-order valence-electron chi connectivity index (χ1n) is 3.80. The third kappa shape index (κ3) is 2.51. The zero-order valence-corrected chi connectivity index (χ0v) is 7.10. The minimum Gasteiger partial charge on any atom is -0.171 e. The van der Waals surface area contributed by atoms with E-state index in [1.54, 1.807) is 19.1 Å². The number of halogens is 3. The molecular formula is C9H8BF3. The molecule has 2 radical (unpaired) electrons. The summed E-state index contributed by atoms with van der Waals surface area (Å²) in [5.74, 6) is -1.88.